The van der Waals surface area contributed by atoms with E-state index in [1.807, 2.05) is 0 Å². The van der Waals surface area contributed by atoms with Gasteiger partial charge in [-0.15, -0.1) is 0 Å². The van der Waals surface area contributed by atoms with Crippen LogP contribution < -0.4 is 15.4 Å². The zero-order valence-corrected chi connectivity index (χ0v) is 18.6. The summed E-state index contributed by atoms with van der Waals surface area (Å²) in [6, 6.07) is 11.8. The monoisotopic (exact) mass is 466 g/mol. The zero-order chi connectivity index (χ0) is 21.5. The minimum atomic E-state index is -0.228. The maximum Gasteiger partial charge on any atom is 0.258 e. The van der Waals surface area contributed by atoms with Crippen LogP contribution in [0.3, 0.4) is 0 Å². The molecule has 1 atom stereocenters. The molecular formula is C22H21Cl3N2O3. The molecule has 2 aromatic rings. The van der Waals surface area contributed by atoms with Gasteiger partial charge in [-0.2, -0.15) is 0 Å². The highest BCUT2D eigenvalue weighted by atomic mass is 35.5. The number of carbonyl (C=O) groups is 2. The predicted molar refractivity (Wildman–Crippen MR) is 118 cm³/mol. The second-order valence-electron chi connectivity index (χ2n) is 8.08. The number of hydrogen-bond donors (Lipinski definition) is 2. The lowest BCUT2D eigenvalue weighted by molar-refractivity contribution is -0.178. The molecule has 0 heterocycles. The van der Waals surface area contributed by atoms with Crippen LogP contribution in [0.25, 0.3) is 0 Å². The van der Waals surface area contributed by atoms with Crippen LogP contribution in [0.15, 0.2) is 42.5 Å². The number of ketones is 1. The van der Waals surface area contributed by atoms with Gasteiger partial charge in [-0.05, 0) is 55.2 Å². The van der Waals surface area contributed by atoms with Crippen LogP contribution in [0.2, 0.25) is 15.1 Å². The van der Waals surface area contributed by atoms with Crippen molar-refractivity contribution in [3.8, 4) is 5.75 Å². The SMILES string of the molecule is C[C@H]1C2(NCC(=O)c3ccc(Cl)cc3)CC1(NC(=O)COc1ccc(Cl)c(Cl)c1)C2. The largest absolute Gasteiger partial charge is 0.484 e. The molecule has 158 valence electrons. The van der Waals surface area contributed by atoms with Gasteiger partial charge in [-0.3, -0.25) is 9.59 Å². The van der Waals surface area contributed by atoms with E-state index < -0.39 is 0 Å². The fraction of sp³-hybridized carbons (Fsp3) is 0.364. The van der Waals surface area contributed by atoms with E-state index in [0.29, 0.717) is 26.4 Å². The number of rotatable bonds is 8. The average Bonchev–Trinajstić information content (AvgIpc) is 2.71. The van der Waals surface area contributed by atoms with E-state index in [4.69, 9.17) is 39.5 Å². The van der Waals surface area contributed by atoms with Crippen LogP contribution in [0, 0.1) is 5.92 Å². The number of carbonyl (C=O) groups excluding carboxylic acids is 2. The molecule has 3 saturated carbocycles. The van der Waals surface area contributed by atoms with Gasteiger partial charge >= 0.3 is 0 Å². The molecule has 30 heavy (non-hydrogen) atoms. The summed E-state index contributed by atoms with van der Waals surface area (Å²) in [6.45, 7) is 2.26. The van der Waals surface area contributed by atoms with Crippen LogP contribution in [-0.4, -0.2) is 35.9 Å². The van der Waals surface area contributed by atoms with Gasteiger partial charge in [-0.1, -0.05) is 41.7 Å². The van der Waals surface area contributed by atoms with E-state index in [2.05, 4.69) is 17.6 Å². The third-order valence-electron chi connectivity index (χ3n) is 6.34. The summed E-state index contributed by atoms with van der Waals surface area (Å²) >= 11 is 17.7. The van der Waals surface area contributed by atoms with Gasteiger partial charge in [0.1, 0.15) is 5.75 Å². The number of benzene rings is 2. The van der Waals surface area contributed by atoms with Crippen molar-refractivity contribution in [3.05, 3.63) is 63.1 Å². The Labute approximate surface area is 190 Å². The molecule has 3 aliphatic carbocycles. The number of halogens is 3. The van der Waals surface area contributed by atoms with Crippen molar-refractivity contribution in [1.82, 2.24) is 10.6 Å². The first-order valence-corrected chi connectivity index (χ1v) is 10.8. The smallest absolute Gasteiger partial charge is 0.258 e. The summed E-state index contributed by atoms with van der Waals surface area (Å²) in [5.74, 6) is 0.566. The molecule has 0 radical (unpaired) electrons. The van der Waals surface area contributed by atoms with Crippen LogP contribution in [0.4, 0.5) is 0 Å². The highest BCUT2D eigenvalue weighted by molar-refractivity contribution is 6.42. The molecule has 5 rings (SSSR count). The van der Waals surface area contributed by atoms with Crippen molar-refractivity contribution < 1.29 is 14.3 Å². The quantitative estimate of drug-likeness (QED) is 0.560. The molecule has 5 nitrogen and oxygen atoms in total. The van der Waals surface area contributed by atoms with E-state index in [0.717, 1.165) is 12.8 Å². The lowest BCUT2D eigenvalue weighted by Gasteiger charge is -2.75. The van der Waals surface area contributed by atoms with Gasteiger partial charge in [0.25, 0.3) is 5.91 Å². The second-order valence-corrected chi connectivity index (χ2v) is 9.33. The lowest BCUT2D eigenvalue weighted by Crippen LogP contribution is -2.89. The number of ether oxygens (including phenoxy) is 1. The van der Waals surface area contributed by atoms with E-state index in [1.54, 1.807) is 42.5 Å². The van der Waals surface area contributed by atoms with Gasteiger partial charge in [0, 0.05) is 27.7 Å². The summed E-state index contributed by atoms with van der Waals surface area (Å²) in [5, 5.41) is 7.91. The Kier molecular flexibility index (Phi) is 5.75. The Morgan fingerprint density at radius 1 is 1.03 bits per heavy atom. The number of Topliss-reactive ketones (excluding diaryl/α,β-unsaturated/α-hetero) is 1. The van der Waals surface area contributed by atoms with Gasteiger partial charge in [-0.25, -0.2) is 0 Å². The maximum absolute atomic E-state index is 12.4. The molecule has 0 saturated heterocycles. The molecular weight excluding hydrogens is 447 g/mol. The minimum absolute atomic E-state index is 0.0247. The molecule has 0 spiro atoms. The summed E-state index contributed by atoms with van der Waals surface area (Å²) < 4.78 is 5.51. The van der Waals surface area contributed by atoms with Crippen molar-refractivity contribution >= 4 is 46.5 Å². The predicted octanol–water partition coefficient (Wildman–Crippen LogP) is 4.54. The van der Waals surface area contributed by atoms with E-state index in [-0.39, 0.29) is 41.8 Å². The van der Waals surface area contributed by atoms with Crippen molar-refractivity contribution in [3.63, 3.8) is 0 Å². The molecule has 0 aliphatic heterocycles. The third kappa shape index (κ3) is 3.92. The number of nitrogens with one attached hydrogen (secondary N) is 2. The second kappa shape index (κ2) is 8.04. The molecule has 8 heteroatoms. The van der Waals surface area contributed by atoms with Gasteiger partial charge in [0.05, 0.1) is 16.6 Å². The number of hydrogen-bond acceptors (Lipinski definition) is 4. The molecule has 0 unspecified atom stereocenters. The molecule has 2 aromatic carbocycles. The zero-order valence-electron chi connectivity index (χ0n) is 16.3. The average molecular weight is 468 g/mol. The molecule has 2 N–H and O–H groups in total. The standard InChI is InChI=1S/C22H21Cl3N2O3/c1-13-21(26-9-19(28)14-2-4-15(23)5-3-14)11-22(13,12-21)27-20(29)10-30-16-6-7-17(24)18(25)8-16/h2-8,13,26H,9-12H2,1H3,(H,27,29)/t13-,21?,22?/m0/s1. The lowest BCUT2D eigenvalue weighted by atomic mass is 9.37. The normalized spacial score (nSPS) is 26.3. The first kappa shape index (κ1) is 21.4. The Hall–Kier alpha value is -1.79. The first-order chi connectivity index (χ1) is 14.2. The first-order valence-electron chi connectivity index (χ1n) is 9.66. The molecule has 3 aliphatic rings. The van der Waals surface area contributed by atoms with Gasteiger partial charge < -0.3 is 15.4 Å². The Bertz CT molecular complexity index is 988. The van der Waals surface area contributed by atoms with Crippen molar-refractivity contribution in [1.29, 1.82) is 0 Å². The Morgan fingerprint density at radius 2 is 1.73 bits per heavy atom. The third-order valence-corrected chi connectivity index (χ3v) is 7.33. The number of amides is 1. The Balaban J connectivity index is 1.24. The fourth-order valence-corrected chi connectivity index (χ4v) is 4.87. The van der Waals surface area contributed by atoms with Crippen molar-refractivity contribution in [2.24, 2.45) is 5.92 Å². The fourth-order valence-electron chi connectivity index (χ4n) is 4.45. The highest BCUT2D eigenvalue weighted by Crippen LogP contribution is 2.64. The molecule has 0 aromatic heterocycles. The molecule has 3 fully saturated rings. The van der Waals surface area contributed by atoms with Crippen LogP contribution >= 0.6 is 34.8 Å². The topological polar surface area (TPSA) is 67.4 Å². The van der Waals surface area contributed by atoms with Crippen LogP contribution in [0.1, 0.15) is 30.1 Å². The molecule has 1 amide bonds. The van der Waals surface area contributed by atoms with Crippen molar-refractivity contribution in [2.75, 3.05) is 13.2 Å². The Morgan fingerprint density at radius 3 is 2.37 bits per heavy atom. The van der Waals surface area contributed by atoms with Crippen LogP contribution in [-0.2, 0) is 4.79 Å². The molecule has 2 bridgehead atoms. The summed E-state index contributed by atoms with van der Waals surface area (Å²) in [5.41, 5.74) is 0.308. The minimum Gasteiger partial charge on any atom is -0.484 e. The summed E-state index contributed by atoms with van der Waals surface area (Å²) in [6.07, 6.45) is 1.60. The van der Waals surface area contributed by atoms with Gasteiger partial charge in [0.15, 0.2) is 12.4 Å². The summed E-state index contributed by atoms with van der Waals surface area (Å²) in [7, 11) is 0. The van der Waals surface area contributed by atoms with E-state index >= 15 is 0 Å². The van der Waals surface area contributed by atoms with E-state index in [1.165, 1.54) is 0 Å². The highest BCUT2D eigenvalue weighted by Gasteiger charge is 2.74. The van der Waals surface area contributed by atoms with E-state index in [9.17, 15) is 9.59 Å². The summed E-state index contributed by atoms with van der Waals surface area (Å²) in [4.78, 5) is 24.7. The van der Waals surface area contributed by atoms with Gasteiger partial charge in [0.2, 0.25) is 0 Å². The van der Waals surface area contributed by atoms with Crippen molar-refractivity contribution in [2.45, 2.75) is 30.8 Å². The van der Waals surface area contributed by atoms with Crippen LogP contribution in [0.5, 0.6) is 5.75 Å². The maximum atomic E-state index is 12.4.